The van der Waals surface area contributed by atoms with Gasteiger partial charge in [-0.2, -0.15) is 0 Å². The molecule has 0 amide bonds. The maximum Gasteiger partial charge on any atom is 0.118 e. The smallest absolute Gasteiger partial charge is 0.118 e. The van der Waals surface area contributed by atoms with Gasteiger partial charge in [0, 0.05) is 51.4 Å². The molecular formula is C20H34N4O. The van der Waals surface area contributed by atoms with Gasteiger partial charge >= 0.3 is 0 Å². The molecule has 0 radical (unpaired) electrons. The molecule has 0 saturated carbocycles. The molecule has 5 nitrogen and oxygen atoms in total. The van der Waals surface area contributed by atoms with E-state index in [2.05, 4.69) is 27.4 Å². The highest BCUT2D eigenvalue weighted by Gasteiger charge is 2.19. The molecule has 5 heteroatoms. The van der Waals surface area contributed by atoms with Gasteiger partial charge in [0.15, 0.2) is 0 Å². The van der Waals surface area contributed by atoms with Crippen molar-refractivity contribution >= 4 is 0 Å². The van der Waals surface area contributed by atoms with E-state index in [0.29, 0.717) is 17.8 Å². The maximum absolute atomic E-state index is 10.1. The number of phenols is 1. The number of nitrogens with zero attached hydrogens (tertiary/aromatic N) is 2. The zero-order chi connectivity index (χ0) is 17.5. The standard InChI is InChI=1S/C20H34N4O/c1-17-6-10-23-13-9-22-19(16-18-4-2-3-5-20(18)25)7-11-24(15-14-23)12-8-21-17/h2-5,17,19,21-22,25H,6-16H2,1H3. The van der Waals surface area contributed by atoms with Crippen molar-refractivity contribution in [3.63, 3.8) is 0 Å². The molecule has 2 saturated heterocycles. The molecule has 1 aromatic rings. The number of fused-ring (bicyclic) bond motifs is 3. The van der Waals surface area contributed by atoms with Crippen LogP contribution in [-0.4, -0.2) is 79.3 Å². The lowest BCUT2D eigenvalue weighted by molar-refractivity contribution is 0.168. The van der Waals surface area contributed by atoms with Crippen molar-refractivity contribution in [2.45, 2.75) is 38.3 Å². The maximum atomic E-state index is 10.1. The summed E-state index contributed by atoms with van der Waals surface area (Å²) >= 11 is 0. The second-order valence-corrected chi connectivity index (χ2v) is 7.60. The number of rotatable bonds is 2. The molecule has 2 fully saturated rings. The molecule has 2 heterocycles. The molecular weight excluding hydrogens is 312 g/mol. The minimum Gasteiger partial charge on any atom is -0.508 e. The summed E-state index contributed by atoms with van der Waals surface area (Å²) in [4.78, 5) is 5.20. The van der Waals surface area contributed by atoms with Crippen LogP contribution < -0.4 is 10.6 Å². The van der Waals surface area contributed by atoms with Gasteiger partial charge in [-0.3, -0.25) is 0 Å². The number of phenolic OH excluding ortho intramolecular Hbond substituents is 1. The number of para-hydroxylation sites is 1. The van der Waals surface area contributed by atoms with E-state index in [0.717, 1.165) is 51.1 Å². The number of aromatic hydroxyl groups is 1. The van der Waals surface area contributed by atoms with Crippen molar-refractivity contribution in [2.24, 2.45) is 0 Å². The van der Waals surface area contributed by atoms with Gasteiger partial charge in [0.1, 0.15) is 5.75 Å². The van der Waals surface area contributed by atoms with Crippen LogP contribution in [0.5, 0.6) is 5.75 Å². The summed E-state index contributed by atoms with van der Waals surface area (Å²) < 4.78 is 0. The van der Waals surface area contributed by atoms with Gasteiger partial charge in [-0.25, -0.2) is 0 Å². The Morgan fingerprint density at radius 3 is 2.36 bits per heavy atom. The lowest BCUT2D eigenvalue weighted by Gasteiger charge is -2.34. The van der Waals surface area contributed by atoms with Crippen LogP contribution in [0, 0.1) is 0 Å². The first-order valence-corrected chi connectivity index (χ1v) is 9.89. The summed E-state index contributed by atoms with van der Waals surface area (Å²) in [6.07, 6.45) is 3.25. The predicted molar refractivity (Wildman–Crippen MR) is 103 cm³/mol. The molecule has 3 rings (SSSR count). The van der Waals surface area contributed by atoms with Crippen LogP contribution in [0.25, 0.3) is 0 Å². The number of hydrogen-bond donors (Lipinski definition) is 3. The Morgan fingerprint density at radius 1 is 0.920 bits per heavy atom. The van der Waals surface area contributed by atoms with Gasteiger partial charge in [0.25, 0.3) is 0 Å². The third kappa shape index (κ3) is 5.96. The number of hydrogen-bond acceptors (Lipinski definition) is 5. The molecule has 0 aromatic heterocycles. The average molecular weight is 347 g/mol. The molecule has 140 valence electrons. The van der Waals surface area contributed by atoms with Gasteiger partial charge in [0.05, 0.1) is 0 Å². The number of benzene rings is 1. The minimum absolute atomic E-state index is 0.422. The van der Waals surface area contributed by atoms with E-state index < -0.39 is 0 Å². The Bertz CT molecular complexity index is 524. The van der Waals surface area contributed by atoms with Crippen LogP contribution in [-0.2, 0) is 6.42 Å². The summed E-state index contributed by atoms with van der Waals surface area (Å²) in [6.45, 7) is 11.3. The van der Waals surface area contributed by atoms with Gasteiger partial charge in [0.2, 0.25) is 0 Å². The molecule has 2 aliphatic rings. The molecule has 2 aliphatic heterocycles. The highest BCUT2D eigenvalue weighted by molar-refractivity contribution is 5.32. The van der Waals surface area contributed by atoms with Crippen LogP contribution in [0.2, 0.25) is 0 Å². The van der Waals surface area contributed by atoms with E-state index >= 15 is 0 Å². The van der Waals surface area contributed by atoms with E-state index in [1.165, 1.54) is 26.1 Å². The normalized spacial score (nSPS) is 32.2. The lowest BCUT2D eigenvalue weighted by atomic mass is 10.0. The fraction of sp³-hybridized carbons (Fsp3) is 0.700. The van der Waals surface area contributed by atoms with E-state index in [4.69, 9.17) is 0 Å². The molecule has 4 atom stereocenters. The lowest BCUT2D eigenvalue weighted by Crippen LogP contribution is -2.49. The fourth-order valence-corrected chi connectivity index (χ4v) is 3.89. The van der Waals surface area contributed by atoms with E-state index in [1.807, 2.05) is 18.2 Å². The second kappa shape index (κ2) is 9.53. The third-order valence-corrected chi connectivity index (χ3v) is 5.64. The first-order chi connectivity index (χ1) is 12.2. The topological polar surface area (TPSA) is 50.8 Å². The first-order valence-electron chi connectivity index (χ1n) is 9.89. The average Bonchev–Trinajstić information content (AvgIpc) is 2.62. The van der Waals surface area contributed by atoms with E-state index in [1.54, 1.807) is 6.07 Å². The Labute approximate surface area is 152 Å². The summed E-state index contributed by atoms with van der Waals surface area (Å²) in [7, 11) is 0. The zero-order valence-electron chi connectivity index (χ0n) is 15.6. The van der Waals surface area contributed by atoms with Crippen molar-refractivity contribution < 1.29 is 5.11 Å². The SMILES string of the molecule is CC1CCN2CCNC(Cc3ccccc3O)CCN(CCN1)CC2. The molecule has 2 bridgehead atoms. The molecule has 1 aromatic carbocycles. The van der Waals surface area contributed by atoms with E-state index in [-0.39, 0.29) is 0 Å². The largest absolute Gasteiger partial charge is 0.508 e. The van der Waals surface area contributed by atoms with Gasteiger partial charge in [-0.05, 0) is 50.9 Å². The molecule has 4 unspecified atom stereocenters. The molecule has 3 N–H and O–H groups in total. The van der Waals surface area contributed by atoms with Gasteiger partial charge in [-0.15, -0.1) is 0 Å². The van der Waals surface area contributed by atoms with Crippen LogP contribution in [0.15, 0.2) is 24.3 Å². The Kier molecular flexibility index (Phi) is 7.11. The summed E-state index contributed by atoms with van der Waals surface area (Å²) in [5.74, 6) is 0.424. The fourth-order valence-electron chi connectivity index (χ4n) is 3.89. The molecule has 0 spiro atoms. The highest BCUT2D eigenvalue weighted by atomic mass is 16.3. The van der Waals surface area contributed by atoms with Crippen molar-refractivity contribution in [1.82, 2.24) is 20.4 Å². The highest BCUT2D eigenvalue weighted by Crippen LogP contribution is 2.18. The Balaban J connectivity index is 1.64. The van der Waals surface area contributed by atoms with Gasteiger partial charge in [-0.1, -0.05) is 18.2 Å². The van der Waals surface area contributed by atoms with Crippen LogP contribution in [0.4, 0.5) is 0 Å². The van der Waals surface area contributed by atoms with Gasteiger partial charge < -0.3 is 25.5 Å². The van der Waals surface area contributed by atoms with Crippen LogP contribution >= 0.6 is 0 Å². The molecule has 25 heavy (non-hydrogen) atoms. The monoisotopic (exact) mass is 346 g/mol. The Hall–Kier alpha value is -1.14. The number of nitrogens with one attached hydrogen (secondary N) is 2. The van der Waals surface area contributed by atoms with Crippen molar-refractivity contribution in [3.05, 3.63) is 29.8 Å². The van der Waals surface area contributed by atoms with Crippen molar-refractivity contribution in [2.75, 3.05) is 52.4 Å². The van der Waals surface area contributed by atoms with Crippen molar-refractivity contribution in [1.29, 1.82) is 0 Å². The summed E-state index contributed by atoms with van der Waals surface area (Å²) in [6, 6.07) is 8.78. The first kappa shape index (κ1) is 18.6. The summed E-state index contributed by atoms with van der Waals surface area (Å²) in [5, 5.41) is 17.5. The van der Waals surface area contributed by atoms with Crippen LogP contribution in [0.1, 0.15) is 25.3 Å². The Morgan fingerprint density at radius 2 is 1.60 bits per heavy atom. The minimum atomic E-state index is 0.422. The van der Waals surface area contributed by atoms with Crippen LogP contribution in [0.3, 0.4) is 0 Å². The summed E-state index contributed by atoms with van der Waals surface area (Å²) in [5.41, 5.74) is 1.05. The predicted octanol–water partition coefficient (Wildman–Crippen LogP) is 1.28. The quantitative estimate of drug-likeness (QED) is 0.753. The zero-order valence-corrected chi connectivity index (χ0v) is 15.6. The van der Waals surface area contributed by atoms with Crippen molar-refractivity contribution in [3.8, 4) is 5.75 Å². The second-order valence-electron chi connectivity index (χ2n) is 7.60. The van der Waals surface area contributed by atoms with E-state index in [9.17, 15) is 5.11 Å². The molecule has 0 aliphatic carbocycles. The third-order valence-electron chi connectivity index (χ3n) is 5.64.